The smallest absolute Gasteiger partial charge is 0.186 e. The van der Waals surface area contributed by atoms with Gasteiger partial charge in [0.15, 0.2) is 11.6 Å². The van der Waals surface area contributed by atoms with Gasteiger partial charge in [-0.2, -0.15) is 0 Å². The molecule has 0 aliphatic heterocycles. The van der Waals surface area contributed by atoms with Crippen LogP contribution >= 0.6 is 34.2 Å². The van der Waals surface area contributed by atoms with Gasteiger partial charge in [0.25, 0.3) is 0 Å². The average Bonchev–Trinajstić information content (AvgIpc) is 2.55. The summed E-state index contributed by atoms with van der Waals surface area (Å²) in [5.74, 6) is -2.35. The molecule has 0 saturated heterocycles. The Morgan fingerprint density at radius 1 is 1.21 bits per heavy atom. The van der Waals surface area contributed by atoms with E-state index in [1.54, 1.807) is 19.1 Å². The summed E-state index contributed by atoms with van der Waals surface area (Å²) < 4.78 is 29.1. The van der Waals surface area contributed by atoms with E-state index in [0.717, 1.165) is 14.2 Å². The van der Waals surface area contributed by atoms with Crippen molar-refractivity contribution in [3.05, 3.63) is 56.1 Å². The van der Waals surface area contributed by atoms with E-state index in [4.69, 9.17) is 21.5 Å². The van der Waals surface area contributed by atoms with Crippen LogP contribution in [-0.4, -0.2) is 29.5 Å². The van der Waals surface area contributed by atoms with Gasteiger partial charge >= 0.3 is 0 Å². The van der Waals surface area contributed by atoms with E-state index in [1.807, 2.05) is 6.07 Å². The highest BCUT2D eigenvalue weighted by Crippen LogP contribution is 2.34. The minimum Gasteiger partial charge on any atom is -0.394 e. The molecule has 1 unspecified atom stereocenters. The molecule has 0 radical (unpaired) electrons. The van der Waals surface area contributed by atoms with Gasteiger partial charge in [0.05, 0.1) is 17.3 Å². The Kier molecular flexibility index (Phi) is 6.76. The highest BCUT2D eigenvalue weighted by molar-refractivity contribution is 14.1. The molecule has 4 nitrogen and oxygen atoms in total. The maximum Gasteiger partial charge on any atom is 0.186 e. The van der Waals surface area contributed by atoms with Gasteiger partial charge in [0.1, 0.15) is 18.4 Å². The van der Waals surface area contributed by atoms with E-state index in [-0.39, 0.29) is 17.3 Å². The molecule has 0 aliphatic carbocycles. The zero-order chi connectivity index (χ0) is 17.9. The van der Waals surface area contributed by atoms with Crippen molar-refractivity contribution in [1.82, 2.24) is 0 Å². The number of nitrogens with zero attached hydrogens (tertiary/aromatic N) is 1. The fraction of sp³-hybridized carbons (Fsp3) is 0.250. The third kappa shape index (κ3) is 4.34. The summed E-state index contributed by atoms with van der Waals surface area (Å²) in [6, 6.07) is 7.82. The summed E-state index contributed by atoms with van der Waals surface area (Å²) in [5, 5.41) is 19.1. The third-order valence-corrected chi connectivity index (χ3v) is 4.18. The van der Waals surface area contributed by atoms with E-state index < -0.39 is 24.3 Å². The molecule has 0 heterocycles. The molecule has 2 N–H and O–H groups in total. The zero-order valence-corrected chi connectivity index (χ0v) is 15.6. The molecule has 24 heavy (non-hydrogen) atoms. The SMILES string of the molecule is Cc1cc(I)ccc1N(OCC(O)CO)c1ccc(Cl)c(F)c1F. The summed E-state index contributed by atoms with van der Waals surface area (Å²) >= 11 is 7.72. The number of hydrogen-bond donors (Lipinski definition) is 2. The van der Waals surface area contributed by atoms with Crippen LogP contribution in [0.2, 0.25) is 5.02 Å². The molecular weight excluding hydrogens is 455 g/mol. The molecule has 1 atom stereocenters. The fourth-order valence-corrected chi connectivity index (χ4v) is 2.79. The number of benzene rings is 2. The monoisotopic (exact) mass is 469 g/mol. The molecular formula is C16H15ClF2INO3. The van der Waals surface area contributed by atoms with E-state index in [9.17, 15) is 13.9 Å². The fourth-order valence-electron chi connectivity index (χ4n) is 2.00. The predicted molar refractivity (Wildman–Crippen MR) is 96.4 cm³/mol. The van der Waals surface area contributed by atoms with Crippen molar-refractivity contribution in [2.45, 2.75) is 13.0 Å². The lowest BCUT2D eigenvalue weighted by Gasteiger charge is -2.27. The second-order valence-corrected chi connectivity index (χ2v) is 6.70. The zero-order valence-electron chi connectivity index (χ0n) is 12.6. The molecule has 2 aromatic rings. The maximum atomic E-state index is 14.3. The predicted octanol–water partition coefficient (Wildman–Crippen LogP) is 3.95. The normalized spacial score (nSPS) is 12.3. The maximum absolute atomic E-state index is 14.3. The quantitative estimate of drug-likeness (QED) is 0.382. The lowest BCUT2D eigenvalue weighted by molar-refractivity contribution is 0.00558. The summed E-state index contributed by atoms with van der Waals surface area (Å²) in [5.41, 5.74) is 1.04. The van der Waals surface area contributed by atoms with Crippen LogP contribution in [0, 0.1) is 22.1 Å². The second-order valence-electron chi connectivity index (χ2n) is 5.05. The van der Waals surface area contributed by atoms with E-state index >= 15 is 0 Å². The number of aliphatic hydroxyl groups is 2. The molecule has 2 rings (SSSR count). The average molecular weight is 470 g/mol. The standard InChI is InChI=1S/C16H15ClF2INO3/c1-9-6-10(20)2-4-13(9)21(24-8-11(23)7-22)14-5-3-12(17)15(18)16(14)19/h2-6,11,22-23H,7-8H2,1H3. The van der Waals surface area contributed by atoms with Crippen LogP contribution < -0.4 is 5.06 Å². The van der Waals surface area contributed by atoms with Crippen molar-refractivity contribution < 1.29 is 23.8 Å². The van der Waals surface area contributed by atoms with E-state index in [0.29, 0.717) is 5.69 Å². The lowest BCUT2D eigenvalue weighted by atomic mass is 10.2. The van der Waals surface area contributed by atoms with Gasteiger partial charge in [0, 0.05) is 3.57 Å². The Morgan fingerprint density at radius 2 is 1.88 bits per heavy atom. The summed E-state index contributed by atoms with van der Waals surface area (Å²) in [6.45, 7) is 0.975. The largest absolute Gasteiger partial charge is 0.394 e. The number of hydrogen-bond acceptors (Lipinski definition) is 4. The van der Waals surface area contributed by atoms with Crippen LogP contribution in [-0.2, 0) is 4.84 Å². The number of halogens is 4. The van der Waals surface area contributed by atoms with Crippen molar-refractivity contribution >= 4 is 45.6 Å². The summed E-state index contributed by atoms with van der Waals surface area (Å²) in [6.07, 6.45) is -1.16. The Morgan fingerprint density at radius 3 is 2.50 bits per heavy atom. The van der Waals surface area contributed by atoms with Gasteiger partial charge in [-0.25, -0.2) is 13.8 Å². The first kappa shape index (κ1) is 19.3. The van der Waals surface area contributed by atoms with Crippen LogP contribution in [0.3, 0.4) is 0 Å². The number of aliphatic hydroxyl groups excluding tert-OH is 2. The highest BCUT2D eigenvalue weighted by Gasteiger charge is 2.22. The molecule has 0 fully saturated rings. The minimum absolute atomic E-state index is 0.189. The number of aryl methyl sites for hydroxylation is 1. The van der Waals surface area contributed by atoms with Gasteiger partial charge in [-0.3, -0.25) is 4.84 Å². The summed E-state index contributed by atoms with van der Waals surface area (Å²) in [4.78, 5) is 5.43. The number of rotatable bonds is 6. The topological polar surface area (TPSA) is 52.9 Å². The van der Waals surface area contributed by atoms with Gasteiger partial charge in [-0.05, 0) is 65.4 Å². The van der Waals surface area contributed by atoms with E-state index in [2.05, 4.69) is 22.6 Å². The first-order valence-corrected chi connectivity index (χ1v) is 8.42. The molecule has 0 saturated carbocycles. The third-order valence-electron chi connectivity index (χ3n) is 3.22. The lowest BCUT2D eigenvalue weighted by Crippen LogP contribution is -2.28. The Bertz CT molecular complexity index is 733. The summed E-state index contributed by atoms with van der Waals surface area (Å²) in [7, 11) is 0. The van der Waals surface area contributed by atoms with Gasteiger partial charge in [0.2, 0.25) is 0 Å². The molecule has 8 heteroatoms. The molecule has 2 aromatic carbocycles. The molecule has 0 spiro atoms. The Hall–Kier alpha value is -1.00. The van der Waals surface area contributed by atoms with Crippen molar-refractivity contribution in [2.24, 2.45) is 0 Å². The Labute approximate surface area is 156 Å². The van der Waals surface area contributed by atoms with Crippen molar-refractivity contribution in [1.29, 1.82) is 0 Å². The van der Waals surface area contributed by atoms with Crippen molar-refractivity contribution in [3.63, 3.8) is 0 Å². The van der Waals surface area contributed by atoms with Gasteiger partial charge in [-0.15, -0.1) is 0 Å². The first-order valence-electron chi connectivity index (χ1n) is 6.96. The molecule has 0 aliphatic rings. The highest BCUT2D eigenvalue weighted by atomic mass is 127. The van der Waals surface area contributed by atoms with Crippen LogP contribution in [0.25, 0.3) is 0 Å². The molecule has 0 aromatic heterocycles. The molecule has 130 valence electrons. The second kappa shape index (κ2) is 8.39. The van der Waals surface area contributed by atoms with Crippen LogP contribution in [0.4, 0.5) is 20.2 Å². The van der Waals surface area contributed by atoms with Gasteiger partial charge < -0.3 is 10.2 Å². The minimum atomic E-state index is -1.19. The van der Waals surface area contributed by atoms with E-state index in [1.165, 1.54) is 12.1 Å². The Balaban J connectivity index is 2.48. The molecule has 0 amide bonds. The number of anilines is 2. The van der Waals surface area contributed by atoms with Crippen molar-refractivity contribution in [2.75, 3.05) is 18.3 Å². The van der Waals surface area contributed by atoms with Crippen molar-refractivity contribution in [3.8, 4) is 0 Å². The molecule has 0 bridgehead atoms. The van der Waals surface area contributed by atoms with Crippen LogP contribution in [0.5, 0.6) is 0 Å². The van der Waals surface area contributed by atoms with Crippen LogP contribution in [0.1, 0.15) is 5.56 Å². The first-order chi connectivity index (χ1) is 11.3. The van der Waals surface area contributed by atoms with Crippen LogP contribution in [0.15, 0.2) is 30.3 Å². The van der Waals surface area contributed by atoms with Gasteiger partial charge in [-0.1, -0.05) is 11.6 Å².